The second kappa shape index (κ2) is 5.92. The molecule has 2 aromatic rings. The van der Waals surface area contributed by atoms with Crippen LogP contribution in [-0.4, -0.2) is 43.8 Å². The highest BCUT2D eigenvalue weighted by molar-refractivity contribution is 7.12. The Morgan fingerprint density at radius 3 is 1.29 bits per heavy atom. The SMILES string of the molecule is CC1(C)N=C(c2cccs2)N(N2C(c3cccs3)=NC(C)(C)C2(C)C)C1(C)C. The highest BCUT2D eigenvalue weighted by Gasteiger charge is 2.59. The molecule has 0 saturated carbocycles. The van der Waals surface area contributed by atoms with Crippen LogP contribution in [0, 0.1) is 0 Å². The Hall–Kier alpha value is -1.66. The average Bonchev–Trinajstić information content (AvgIpc) is 3.32. The average molecular weight is 415 g/mol. The summed E-state index contributed by atoms with van der Waals surface area (Å²) >= 11 is 3.49. The molecule has 28 heavy (non-hydrogen) atoms. The second-order valence-electron chi connectivity index (χ2n) is 9.69. The van der Waals surface area contributed by atoms with E-state index >= 15 is 0 Å². The van der Waals surface area contributed by atoms with Gasteiger partial charge in [-0.2, -0.15) is 0 Å². The van der Waals surface area contributed by atoms with E-state index in [1.807, 2.05) is 0 Å². The highest BCUT2D eigenvalue weighted by Crippen LogP contribution is 2.48. The molecule has 0 bridgehead atoms. The molecule has 0 radical (unpaired) electrons. The Kier molecular flexibility index (Phi) is 4.16. The molecular formula is C22H30N4S2. The van der Waals surface area contributed by atoms with Crippen molar-refractivity contribution in [2.24, 2.45) is 9.98 Å². The van der Waals surface area contributed by atoms with Gasteiger partial charge in [-0.15, -0.1) is 22.7 Å². The van der Waals surface area contributed by atoms with Crippen LogP contribution in [0.15, 0.2) is 45.0 Å². The maximum Gasteiger partial charge on any atom is 0.161 e. The van der Waals surface area contributed by atoms with Crippen LogP contribution in [0.4, 0.5) is 0 Å². The summed E-state index contributed by atoms with van der Waals surface area (Å²) in [6.07, 6.45) is 0. The Morgan fingerprint density at radius 2 is 1.00 bits per heavy atom. The number of hydrogen-bond acceptors (Lipinski definition) is 6. The van der Waals surface area contributed by atoms with Crippen LogP contribution in [0.5, 0.6) is 0 Å². The summed E-state index contributed by atoms with van der Waals surface area (Å²) in [5, 5.41) is 9.10. The molecule has 2 aliphatic rings. The smallest absolute Gasteiger partial charge is 0.161 e. The first-order chi connectivity index (χ1) is 12.9. The van der Waals surface area contributed by atoms with Crippen molar-refractivity contribution in [1.82, 2.24) is 10.0 Å². The molecule has 0 amide bonds. The van der Waals surface area contributed by atoms with Crippen molar-refractivity contribution in [2.75, 3.05) is 0 Å². The van der Waals surface area contributed by atoms with E-state index in [1.165, 1.54) is 9.75 Å². The maximum absolute atomic E-state index is 5.23. The van der Waals surface area contributed by atoms with Crippen LogP contribution >= 0.6 is 22.7 Å². The fourth-order valence-corrected chi connectivity index (χ4v) is 5.16. The van der Waals surface area contributed by atoms with Crippen molar-refractivity contribution in [3.63, 3.8) is 0 Å². The first-order valence-corrected chi connectivity index (χ1v) is 11.5. The molecule has 4 heterocycles. The summed E-state index contributed by atoms with van der Waals surface area (Å²) in [7, 11) is 0. The minimum atomic E-state index is -0.226. The fourth-order valence-electron chi connectivity index (χ4n) is 3.77. The molecular weight excluding hydrogens is 384 g/mol. The number of aliphatic imine (C=N–C) groups is 2. The van der Waals surface area contributed by atoms with Gasteiger partial charge in [-0.25, -0.2) is 0 Å². The second-order valence-corrected chi connectivity index (χ2v) is 11.6. The van der Waals surface area contributed by atoms with E-state index in [2.05, 4.69) is 100 Å². The molecule has 0 aliphatic carbocycles. The monoisotopic (exact) mass is 414 g/mol. The zero-order chi connectivity index (χ0) is 20.5. The Bertz CT molecular complexity index is 853. The summed E-state index contributed by atoms with van der Waals surface area (Å²) in [6, 6.07) is 8.55. The molecule has 0 aromatic carbocycles. The van der Waals surface area contributed by atoms with Crippen molar-refractivity contribution in [2.45, 2.75) is 77.5 Å². The zero-order valence-corrected chi connectivity index (χ0v) is 19.7. The molecule has 2 aromatic heterocycles. The molecule has 0 N–H and O–H groups in total. The van der Waals surface area contributed by atoms with Gasteiger partial charge in [-0.1, -0.05) is 12.1 Å². The van der Waals surface area contributed by atoms with Gasteiger partial charge in [0.1, 0.15) is 0 Å². The molecule has 0 spiro atoms. The molecule has 150 valence electrons. The van der Waals surface area contributed by atoms with Crippen molar-refractivity contribution in [3.05, 3.63) is 44.8 Å². The van der Waals surface area contributed by atoms with E-state index in [0.29, 0.717) is 0 Å². The van der Waals surface area contributed by atoms with E-state index in [0.717, 1.165) is 11.7 Å². The van der Waals surface area contributed by atoms with Gasteiger partial charge in [0.25, 0.3) is 0 Å². The summed E-state index contributed by atoms with van der Waals surface area (Å²) < 4.78 is 0. The van der Waals surface area contributed by atoms with Crippen molar-refractivity contribution in [1.29, 1.82) is 0 Å². The molecule has 4 rings (SSSR count). The van der Waals surface area contributed by atoms with Gasteiger partial charge < -0.3 is 0 Å². The van der Waals surface area contributed by atoms with Crippen LogP contribution in [0.2, 0.25) is 0 Å². The first-order valence-electron chi connectivity index (χ1n) is 9.78. The predicted octanol–water partition coefficient (Wildman–Crippen LogP) is 5.66. The van der Waals surface area contributed by atoms with E-state index in [4.69, 9.17) is 9.98 Å². The van der Waals surface area contributed by atoms with Gasteiger partial charge in [-0.3, -0.25) is 20.0 Å². The molecule has 0 atom stereocenters. The van der Waals surface area contributed by atoms with Gasteiger partial charge in [0, 0.05) is 0 Å². The Morgan fingerprint density at radius 1 is 0.643 bits per heavy atom. The van der Waals surface area contributed by atoms with Crippen LogP contribution in [-0.2, 0) is 0 Å². The molecule has 6 heteroatoms. The van der Waals surface area contributed by atoms with Gasteiger partial charge >= 0.3 is 0 Å². The molecule has 0 unspecified atom stereocenters. The largest absolute Gasteiger partial charge is 0.257 e. The lowest BCUT2D eigenvalue weighted by Gasteiger charge is -2.52. The quantitative estimate of drug-likeness (QED) is 0.648. The lowest BCUT2D eigenvalue weighted by atomic mass is 9.82. The third-order valence-corrected chi connectivity index (χ3v) is 8.64. The lowest BCUT2D eigenvalue weighted by Crippen LogP contribution is -2.67. The normalized spacial score (nSPS) is 24.4. The summed E-state index contributed by atoms with van der Waals surface area (Å²) in [4.78, 5) is 12.9. The number of rotatable bonds is 3. The highest BCUT2D eigenvalue weighted by atomic mass is 32.1. The molecule has 2 aliphatic heterocycles. The summed E-state index contributed by atoms with van der Waals surface area (Å²) in [5.74, 6) is 2.08. The van der Waals surface area contributed by atoms with Crippen LogP contribution < -0.4 is 0 Å². The topological polar surface area (TPSA) is 31.2 Å². The van der Waals surface area contributed by atoms with E-state index in [-0.39, 0.29) is 22.2 Å². The van der Waals surface area contributed by atoms with Crippen molar-refractivity contribution >= 4 is 34.3 Å². The maximum atomic E-state index is 5.23. The van der Waals surface area contributed by atoms with Gasteiger partial charge in [-0.05, 0) is 78.3 Å². The van der Waals surface area contributed by atoms with E-state index in [1.54, 1.807) is 22.7 Å². The van der Waals surface area contributed by atoms with Crippen molar-refractivity contribution in [3.8, 4) is 0 Å². The zero-order valence-electron chi connectivity index (χ0n) is 18.1. The third kappa shape index (κ3) is 2.53. The minimum Gasteiger partial charge on any atom is -0.257 e. The van der Waals surface area contributed by atoms with Crippen LogP contribution in [0.1, 0.15) is 65.1 Å². The number of hydrogen-bond donors (Lipinski definition) is 0. The van der Waals surface area contributed by atoms with Gasteiger partial charge in [0.2, 0.25) is 0 Å². The third-order valence-electron chi connectivity index (χ3n) is 6.91. The van der Waals surface area contributed by atoms with Crippen LogP contribution in [0.25, 0.3) is 0 Å². The van der Waals surface area contributed by atoms with E-state index in [9.17, 15) is 0 Å². The molecule has 4 nitrogen and oxygen atoms in total. The van der Waals surface area contributed by atoms with Gasteiger partial charge in [0.05, 0.1) is 31.9 Å². The molecule has 0 saturated heterocycles. The Balaban J connectivity index is 1.93. The lowest BCUT2D eigenvalue weighted by molar-refractivity contribution is -0.0538. The number of nitrogens with zero attached hydrogens (tertiary/aromatic N) is 4. The van der Waals surface area contributed by atoms with E-state index < -0.39 is 0 Å². The number of amidine groups is 2. The first kappa shape index (κ1) is 19.6. The minimum absolute atomic E-state index is 0.206. The van der Waals surface area contributed by atoms with Crippen molar-refractivity contribution < 1.29 is 0 Å². The van der Waals surface area contributed by atoms with Crippen LogP contribution in [0.3, 0.4) is 0 Å². The fraction of sp³-hybridized carbons (Fsp3) is 0.545. The predicted molar refractivity (Wildman–Crippen MR) is 122 cm³/mol. The standard InChI is InChI=1S/C22H30N4S2/c1-19(2)21(5,6)25(17(23-19)15-11-9-13-27-15)26-18(16-12-10-14-28-16)24-20(3,4)22(26,7)8/h9-14H,1-8H3. The Labute approximate surface area is 176 Å². The summed E-state index contributed by atoms with van der Waals surface area (Å²) in [5.41, 5.74) is -0.866. The number of thiophene rings is 2. The number of hydrazine groups is 1. The summed E-state index contributed by atoms with van der Waals surface area (Å²) in [6.45, 7) is 18.1. The van der Waals surface area contributed by atoms with Gasteiger partial charge in [0.15, 0.2) is 11.7 Å². The molecule has 0 fully saturated rings.